The zero-order chi connectivity index (χ0) is 9.68. The number of amides is 1. The number of nitrogens with one attached hydrogen (secondary N) is 1. The number of hydrogen-bond donors (Lipinski definition) is 1. The van der Waals surface area contributed by atoms with Crippen LogP contribution in [0.5, 0.6) is 0 Å². The van der Waals surface area contributed by atoms with Gasteiger partial charge in [-0.15, -0.1) is 0 Å². The van der Waals surface area contributed by atoms with Gasteiger partial charge in [0.15, 0.2) is 0 Å². The highest BCUT2D eigenvalue weighted by molar-refractivity contribution is 6.62. The molecule has 0 aliphatic rings. The molecule has 0 heterocycles. The predicted octanol–water partition coefficient (Wildman–Crippen LogP) is 2.32. The van der Waals surface area contributed by atoms with Gasteiger partial charge in [-0.1, -0.05) is 18.2 Å². The number of carbonyl (C=O) groups is 1. The van der Waals surface area contributed by atoms with Gasteiger partial charge in [0.2, 0.25) is 0 Å². The molecule has 0 spiro atoms. The van der Waals surface area contributed by atoms with Crippen LogP contribution >= 0.6 is 11.6 Å². The first-order chi connectivity index (χ1) is 6.20. The zero-order valence-corrected chi connectivity index (χ0v) is 7.64. The molecule has 0 aromatic heterocycles. The lowest BCUT2D eigenvalue weighted by molar-refractivity contribution is 0.260. The quantitative estimate of drug-likeness (QED) is 0.590. The smallest absolute Gasteiger partial charge is 0.313 e. The Morgan fingerprint density at radius 1 is 1.46 bits per heavy atom. The highest BCUT2D eigenvalue weighted by Crippen LogP contribution is 2.05. The second-order valence-electron chi connectivity index (χ2n) is 2.54. The van der Waals surface area contributed by atoms with Crippen LogP contribution in [0.4, 0.5) is 9.18 Å². The van der Waals surface area contributed by atoms with Crippen LogP contribution in [-0.2, 0) is 6.42 Å². The van der Waals surface area contributed by atoms with Crippen LogP contribution in [0.1, 0.15) is 5.56 Å². The van der Waals surface area contributed by atoms with E-state index in [0.717, 1.165) is 0 Å². The van der Waals surface area contributed by atoms with E-state index in [1.54, 1.807) is 18.2 Å². The average molecular weight is 202 g/mol. The fourth-order valence-corrected chi connectivity index (χ4v) is 1.09. The molecule has 70 valence electrons. The summed E-state index contributed by atoms with van der Waals surface area (Å²) in [7, 11) is 0. The van der Waals surface area contributed by atoms with E-state index in [0.29, 0.717) is 18.5 Å². The van der Waals surface area contributed by atoms with Crippen molar-refractivity contribution in [3.05, 3.63) is 35.6 Å². The largest absolute Gasteiger partial charge is 0.342 e. The van der Waals surface area contributed by atoms with Crippen molar-refractivity contribution in [1.82, 2.24) is 5.32 Å². The molecule has 0 saturated heterocycles. The zero-order valence-electron chi connectivity index (χ0n) is 6.89. The van der Waals surface area contributed by atoms with E-state index < -0.39 is 5.37 Å². The van der Waals surface area contributed by atoms with Crippen molar-refractivity contribution in [1.29, 1.82) is 0 Å². The summed E-state index contributed by atoms with van der Waals surface area (Å²) in [6.07, 6.45) is 0.450. The van der Waals surface area contributed by atoms with Gasteiger partial charge in [0.05, 0.1) is 0 Å². The van der Waals surface area contributed by atoms with E-state index in [1.165, 1.54) is 6.07 Å². The molecule has 1 aromatic rings. The number of halogens is 2. The van der Waals surface area contributed by atoms with Crippen LogP contribution in [0.2, 0.25) is 0 Å². The Kier molecular flexibility index (Phi) is 3.71. The number of benzene rings is 1. The average Bonchev–Trinajstić information content (AvgIpc) is 2.08. The second-order valence-corrected chi connectivity index (χ2v) is 2.89. The van der Waals surface area contributed by atoms with E-state index in [4.69, 9.17) is 11.6 Å². The monoisotopic (exact) mass is 201 g/mol. The summed E-state index contributed by atoms with van der Waals surface area (Å²) < 4.78 is 13.0. The molecule has 0 unspecified atom stereocenters. The van der Waals surface area contributed by atoms with Gasteiger partial charge in [-0.2, -0.15) is 0 Å². The van der Waals surface area contributed by atoms with Crippen LogP contribution < -0.4 is 5.32 Å². The van der Waals surface area contributed by atoms with Crippen molar-refractivity contribution < 1.29 is 9.18 Å². The third-order valence-electron chi connectivity index (χ3n) is 1.62. The van der Waals surface area contributed by atoms with E-state index in [1.807, 2.05) is 0 Å². The van der Waals surface area contributed by atoms with Crippen LogP contribution in [0.3, 0.4) is 0 Å². The van der Waals surface area contributed by atoms with Gasteiger partial charge in [-0.3, -0.25) is 4.79 Å². The highest BCUT2D eigenvalue weighted by Gasteiger charge is 2.00. The minimum atomic E-state index is -0.615. The van der Waals surface area contributed by atoms with Gasteiger partial charge in [-0.05, 0) is 29.7 Å². The molecule has 0 atom stereocenters. The van der Waals surface area contributed by atoms with Crippen molar-refractivity contribution in [2.45, 2.75) is 6.42 Å². The second kappa shape index (κ2) is 4.82. The van der Waals surface area contributed by atoms with Crippen LogP contribution in [0.25, 0.3) is 0 Å². The van der Waals surface area contributed by atoms with Gasteiger partial charge in [0.25, 0.3) is 0 Å². The lowest BCUT2D eigenvalue weighted by atomic mass is 10.1. The molecule has 0 radical (unpaired) electrons. The molecule has 2 nitrogen and oxygen atoms in total. The Morgan fingerprint density at radius 3 is 2.77 bits per heavy atom. The molecule has 0 bridgehead atoms. The number of hydrogen-bond acceptors (Lipinski definition) is 1. The first kappa shape index (κ1) is 9.99. The maximum Gasteiger partial charge on any atom is 0.313 e. The lowest BCUT2D eigenvalue weighted by Gasteiger charge is -2.02. The van der Waals surface area contributed by atoms with Gasteiger partial charge in [0, 0.05) is 6.54 Å². The summed E-state index contributed by atoms with van der Waals surface area (Å²) in [6, 6.07) is 6.44. The Labute approximate surface area is 80.7 Å². The minimum absolute atomic E-state index is 0.258. The Morgan fingerprint density at radius 2 is 2.15 bits per heavy atom. The number of rotatable bonds is 3. The molecule has 0 aliphatic carbocycles. The Balaban J connectivity index is 2.45. The summed E-state index contributed by atoms with van der Waals surface area (Å²) in [6.45, 7) is 0.350. The van der Waals surface area contributed by atoms with Gasteiger partial charge in [0.1, 0.15) is 5.82 Å². The van der Waals surface area contributed by atoms with E-state index in [2.05, 4.69) is 5.32 Å². The third kappa shape index (κ3) is 3.42. The topological polar surface area (TPSA) is 29.1 Å². The molecular formula is C9H9ClFNO. The SMILES string of the molecule is O=C(Cl)NCCc1ccccc1F. The molecule has 1 rings (SSSR count). The molecule has 13 heavy (non-hydrogen) atoms. The Bertz CT molecular complexity index is 303. The molecular weight excluding hydrogens is 193 g/mol. The lowest BCUT2D eigenvalue weighted by Crippen LogP contribution is -2.19. The first-order valence-electron chi connectivity index (χ1n) is 3.87. The fraction of sp³-hybridized carbons (Fsp3) is 0.222. The summed E-state index contributed by atoms with van der Waals surface area (Å²) in [5.74, 6) is -0.258. The van der Waals surface area contributed by atoms with Gasteiger partial charge < -0.3 is 5.32 Å². The van der Waals surface area contributed by atoms with Crippen molar-refractivity contribution in [3.63, 3.8) is 0 Å². The third-order valence-corrected chi connectivity index (χ3v) is 1.75. The molecule has 0 aliphatic heterocycles. The number of carbonyl (C=O) groups excluding carboxylic acids is 1. The summed E-state index contributed by atoms with van der Waals surface area (Å²) >= 11 is 5.04. The van der Waals surface area contributed by atoms with Gasteiger partial charge in [-0.25, -0.2) is 4.39 Å². The van der Waals surface area contributed by atoms with Crippen LogP contribution in [-0.4, -0.2) is 11.9 Å². The van der Waals surface area contributed by atoms with Crippen LogP contribution in [0.15, 0.2) is 24.3 Å². The minimum Gasteiger partial charge on any atom is -0.342 e. The molecule has 4 heteroatoms. The summed E-state index contributed by atoms with van der Waals surface area (Å²) in [5, 5.41) is 1.77. The fourth-order valence-electron chi connectivity index (χ4n) is 0.997. The standard InChI is InChI=1S/C9H9ClFNO/c10-9(13)12-6-5-7-3-1-2-4-8(7)11/h1-4H,5-6H2,(H,12,13). The predicted molar refractivity (Wildman–Crippen MR) is 49.4 cm³/mol. The summed E-state index contributed by atoms with van der Waals surface area (Å²) in [4.78, 5) is 10.3. The Hall–Kier alpha value is -1.09. The first-order valence-corrected chi connectivity index (χ1v) is 4.24. The highest BCUT2D eigenvalue weighted by atomic mass is 35.5. The van der Waals surface area contributed by atoms with Crippen molar-refractivity contribution in [2.24, 2.45) is 0 Å². The molecule has 1 N–H and O–H groups in total. The normalized spacial score (nSPS) is 9.69. The van der Waals surface area contributed by atoms with Crippen molar-refractivity contribution in [2.75, 3.05) is 6.54 Å². The van der Waals surface area contributed by atoms with E-state index >= 15 is 0 Å². The van der Waals surface area contributed by atoms with Crippen LogP contribution in [0, 0.1) is 5.82 Å². The molecule has 1 amide bonds. The molecule has 0 fully saturated rings. The maximum absolute atomic E-state index is 13.0. The van der Waals surface area contributed by atoms with Crippen molar-refractivity contribution in [3.8, 4) is 0 Å². The van der Waals surface area contributed by atoms with E-state index in [-0.39, 0.29) is 5.82 Å². The van der Waals surface area contributed by atoms with Gasteiger partial charge >= 0.3 is 5.37 Å². The molecule has 0 saturated carbocycles. The van der Waals surface area contributed by atoms with Crippen molar-refractivity contribution >= 4 is 17.0 Å². The van der Waals surface area contributed by atoms with E-state index in [9.17, 15) is 9.18 Å². The molecule has 1 aromatic carbocycles. The maximum atomic E-state index is 13.0. The summed E-state index contributed by atoms with van der Waals surface area (Å²) in [5.41, 5.74) is 0.577.